The van der Waals surface area contributed by atoms with Crippen molar-refractivity contribution in [3.63, 3.8) is 0 Å². The summed E-state index contributed by atoms with van der Waals surface area (Å²) in [6, 6.07) is 10.3. The topological polar surface area (TPSA) is 43.8 Å². The summed E-state index contributed by atoms with van der Waals surface area (Å²) in [5.41, 5.74) is 1.26. The van der Waals surface area contributed by atoms with Gasteiger partial charge >= 0.3 is 0 Å². The lowest BCUT2D eigenvalue weighted by Gasteiger charge is -2.27. The van der Waals surface area contributed by atoms with E-state index in [4.69, 9.17) is 0 Å². The van der Waals surface area contributed by atoms with Crippen LogP contribution in [0, 0.1) is 0 Å². The van der Waals surface area contributed by atoms with E-state index in [9.17, 15) is 9.90 Å². The summed E-state index contributed by atoms with van der Waals surface area (Å²) in [6.45, 7) is 3.04. The zero-order valence-electron chi connectivity index (χ0n) is 11.7. The minimum Gasteiger partial charge on any atom is -0.391 e. The Morgan fingerprint density at radius 3 is 2.70 bits per heavy atom. The van der Waals surface area contributed by atoms with Crippen molar-refractivity contribution in [1.29, 1.82) is 0 Å². The van der Waals surface area contributed by atoms with E-state index in [-0.39, 0.29) is 18.1 Å². The van der Waals surface area contributed by atoms with Crippen LogP contribution in [0.1, 0.15) is 24.8 Å². The summed E-state index contributed by atoms with van der Waals surface area (Å²) in [7, 11) is 0. The van der Waals surface area contributed by atoms with E-state index in [2.05, 4.69) is 17.0 Å². The molecule has 2 saturated heterocycles. The third-order valence-electron chi connectivity index (χ3n) is 4.35. The molecule has 2 heterocycles. The van der Waals surface area contributed by atoms with Crippen LogP contribution in [0.3, 0.4) is 0 Å². The Hall–Kier alpha value is -1.39. The lowest BCUT2D eigenvalue weighted by atomic mass is 10.1. The van der Waals surface area contributed by atoms with Crippen molar-refractivity contribution in [1.82, 2.24) is 9.80 Å². The number of benzene rings is 1. The number of β-amino-alcohol motifs (C(OH)–C–C–N with tert-alkyl or cyclic N) is 1. The lowest BCUT2D eigenvalue weighted by Crippen LogP contribution is -2.44. The molecule has 0 aliphatic carbocycles. The molecular weight excluding hydrogens is 252 g/mol. The van der Waals surface area contributed by atoms with Crippen LogP contribution in [0.4, 0.5) is 0 Å². The first-order valence-electron chi connectivity index (χ1n) is 7.49. The van der Waals surface area contributed by atoms with Crippen LogP contribution in [0.5, 0.6) is 0 Å². The first-order valence-corrected chi connectivity index (χ1v) is 7.49. The van der Waals surface area contributed by atoms with Gasteiger partial charge in [-0.1, -0.05) is 30.3 Å². The Morgan fingerprint density at radius 1 is 1.20 bits per heavy atom. The van der Waals surface area contributed by atoms with Crippen molar-refractivity contribution >= 4 is 5.91 Å². The molecule has 0 spiro atoms. The van der Waals surface area contributed by atoms with Crippen LogP contribution in [-0.4, -0.2) is 52.6 Å². The van der Waals surface area contributed by atoms with Crippen LogP contribution < -0.4 is 0 Å². The van der Waals surface area contributed by atoms with Gasteiger partial charge in [-0.25, -0.2) is 0 Å². The van der Waals surface area contributed by atoms with Gasteiger partial charge in [0.2, 0.25) is 5.91 Å². The summed E-state index contributed by atoms with van der Waals surface area (Å²) < 4.78 is 0. The van der Waals surface area contributed by atoms with Gasteiger partial charge in [0.15, 0.2) is 0 Å². The van der Waals surface area contributed by atoms with Crippen molar-refractivity contribution in [3.8, 4) is 0 Å². The number of aliphatic hydroxyl groups excluding tert-OH is 1. The second-order valence-electron chi connectivity index (χ2n) is 5.84. The monoisotopic (exact) mass is 274 g/mol. The fourth-order valence-electron chi connectivity index (χ4n) is 3.27. The molecule has 0 bridgehead atoms. The van der Waals surface area contributed by atoms with Crippen LogP contribution in [0.15, 0.2) is 30.3 Å². The Kier molecular flexibility index (Phi) is 4.03. The molecule has 2 aliphatic heterocycles. The molecule has 1 aromatic rings. The van der Waals surface area contributed by atoms with Crippen molar-refractivity contribution in [2.75, 3.05) is 19.6 Å². The van der Waals surface area contributed by atoms with Crippen LogP contribution in [0.25, 0.3) is 0 Å². The van der Waals surface area contributed by atoms with Crippen LogP contribution >= 0.6 is 0 Å². The molecule has 3 rings (SSSR count). The number of rotatable bonds is 3. The molecule has 1 aromatic carbocycles. The fourth-order valence-corrected chi connectivity index (χ4v) is 3.27. The number of carbonyl (C=O) groups excluding carboxylic acids is 1. The van der Waals surface area contributed by atoms with Gasteiger partial charge in [0.25, 0.3) is 0 Å². The summed E-state index contributed by atoms with van der Waals surface area (Å²) in [5, 5.41) is 9.58. The average molecular weight is 274 g/mol. The molecule has 2 fully saturated rings. The summed E-state index contributed by atoms with van der Waals surface area (Å²) in [5.74, 6) is 0.204. The van der Waals surface area contributed by atoms with Gasteiger partial charge in [0.1, 0.15) is 0 Å². The average Bonchev–Trinajstić information content (AvgIpc) is 3.08. The molecule has 20 heavy (non-hydrogen) atoms. The third-order valence-corrected chi connectivity index (χ3v) is 4.35. The quantitative estimate of drug-likeness (QED) is 0.902. The molecule has 1 unspecified atom stereocenters. The number of carbonyl (C=O) groups is 1. The maximum atomic E-state index is 12.6. The first kappa shape index (κ1) is 13.6. The highest BCUT2D eigenvalue weighted by Crippen LogP contribution is 2.23. The first-order chi connectivity index (χ1) is 9.74. The Morgan fingerprint density at radius 2 is 2.00 bits per heavy atom. The Balaban J connectivity index is 1.65. The number of nitrogens with zero attached hydrogens (tertiary/aromatic N) is 2. The van der Waals surface area contributed by atoms with E-state index in [0.29, 0.717) is 13.1 Å². The minimum absolute atomic E-state index is 0.000469. The van der Waals surface area contributed by atoms with Crippen LogP contribution in [0.2, 0.25) is 0 Å². The molecule has 4 heteroatoms. The van der Waals surface area contributed by atoms with Crippen molar-refractivity contribution in [3.05, 3.63) is 35.9 Å². The highest BCUT2D eigenvalue weighted by molar-refractivity contribution is 5.82. The second-order valence-corrected chi connectivity index (χ2v) is 5.84. The smallest absolute Gasteiger partial charge is 0.240 e. The molecule has 0 radical (unpaired) electrons. The predicted molar refractivity (Wildman–Crippen MR) is 77.1 cm³/mol. The van der Waals surface area contributed by atoms with Gasteiger partial charge in [0.05, 0.1) is 12.1 Å². The van der Waals surface area contributed by atoms with Gasteiger partial charge in [-0.3, -0.25) is 9.69 Å². The highest BCUT2D eigenvalue weighted by atomic mass is 16.3. The molecule has 4 nitrogen and oxygen atoms in total. The lowest BCUT2D eigenvalue weighted by molar-refractivity contribution is -0.135. The SMILES string of the molecule is O=C(C1CCCN1Cc1ccccc1)N1CC[C@@H](O)C1. The Labute approximate surface area is 120 Å². The summed E-state index contributed by atoms with van der Waals surface area (Å²) in [4.78, 5) is 16.7. The van der Waals surface area contributed by atoms with E-state index >= 15 is 0 Å². The maximum Gasteiger partial charge on any atom is 0.240 e. The molecule has 0 saturated carbocycles. The molecule has 1 amide bonds. The zero-order valence-corrected chi connectivity index (χ0v) is 11.7. The van der Waals surface area contributed by atoms with E-state index < -0.39 is 0 Å². The Bertz CT molecular complexity index is 463. The molecule has 0 aromatic heterocycles. The minimum atomic E-state index is -0.331. The van der Waals surface area contributed by atoms with Crippen molar-refractivity contribution in [2.45, 2.75) is 38.0 Å². The molecule has 2 aliphatic rings. The number of amides is 1. The molecule has 2 atom stereocenters. The van der Waals surface area contributed by atoms with Crippen LogP contribution in [-0.2, 0) is 11.3 Å². The number of hydrogen-bond acceptors (Lipinski definition) is 3. The van der Waals surface area contributed by atoms with Gasteiger partial charge in [-0.15, -0.1) is 0 Å². The molecule has 108 valence electrons. The van der Waals surface area contributed by atoms with E-state index in [0.717, 1.165) is 32.4 Å². The largest absolute Gasteiger partial charge is 0.391 e. The van der Waals surface area contributed by atoms with Crippen molar-refractivity contribution in [2.24, 2.45) is 0 Å². The number of likely N-dealkylation sites (tertiary alicyclic amines) is 2. The maximum absolute atomic E-state index is 12.6. The fraction of sp³-hybridized carbons (Fsp3) is 0.562. The summed E-state index contributed by atoms with van der Waals surface area (Å²) >= 11 is 0. The zero-order chi connectivity index (χ0) is 13.9. The number of hydrogen-bond donors (Lipinski definition) is 1. The van der Waals surface area contributed by atoms with E-state index in [1.54, 1.807) is 0 Å². The van der Waals surface area contributed by atoms with Gasteiger partial charge in [0, 0.05) is 19.6 Å². The molecule has 1 N–H and O–H groups in total. The third kappa shape index (κ3) is 2.86. The molecular formula is C16H22N2O2. The van der Waals surface area contributed by atoms with Gasteiger partial charge in [-0.2, -0.15) is 0 Å². The van der Waals surface area contributed by atoms with Crippen molar-refractivity contribution < 1.29 is 9.90 Å². The standard InChI is InChI=1S/C16H22N2O2/c19-14-8-10-18(12-14)16(20)15-7-4-9-17(15)11-13-5-2-1-3-6-13/h1-3,5-6,14-15,19H,4,7-12H2/t14-,15?/m1/s1. The van der Waals surface area contributed by atoms with Gasteiger partial charge in [-0.05, 0) is 31.4 Å². The normalized spacial score (nSPS) is 27.1. The summed E-state index contributed by atoms with van der Waals surface area (Å²) in [6.07, 6.45) is 2.41. The van der Waals surface area contributed by atoms with E-state index in [1.807, 2.05) is 23.1 Å². The number of aliphatic hydroxyl groups is 1. The predicted octanol–water partition coefficient (Wildman–Crippen LogP) is 1.24. The van der Waals surface area contributed by atoms with E-state index in [1.165, 1.54) is 5.56 Å². The highest BCUT2D eigenvalue weighted by Gasteiger charge is 2.35. The second kappa shape index (κ2) is 5.94. The van der Waals surface area contributed by atoms with Gasteiger partial charge < -0.3 is 10.0 Å².